The van der Waals surface area contributed by atoms with Gasteiger partial charge in [0.2, 0.25) is 11.2 Å². The van der Waals surface area contributed by atoms with E-state index < -0.39 is 22.9 Å². The predicted octanol–water partition coefficient (Wildman–Crippen LogP) is 6.31. The van der Waals surface area contributed by atoms with E-state index in [2.05, 4.69) is 4.90 Å². The zero-order chi connectivity index (χ0) is 25.2. The number of phenolic OH excluding ortho intramolecular Hbond substituents is 1. The molecule has 2 aromatic carbocycles. The highest BCUT2D eigenvalue weighted by Gasteiger charge is 2.40. The minimum Gasteiger partial charge on any atom is -0.507 e. The molecule has 34 heavy (non-hydrogen) atoms. The first kappa shape index (κ1) is 25.6. The number of ether oxygens (including phenoxy) is 1. The first-order valence-electron chi connectivity index (χ1n) is 11.2. The third-order valence-electron chi connectivity index (χ3n) is 5.40. The maximum absolute atomic E-state index is 14.1. The molecule has 1 heterocycles. The summed E-state index contributed by atoms with van der Waals surface area (Å²) in [5.41, 5.74) is -1.38. The lowest BCUT2D eigenvalue weighted by Gasteiger charge is -2.27. The Morgan fingerprint density at radius 3 is 2.09 bits per heavy atom. The van der Waals surface area contributed by atoms with Crippen LogP contribution in [0.3, 0.4) is 0 Å². The summed E-state index contributed by atoms with van der Waals surface area (Å²) in [6.07, 6.45) is -4.92. The van der Waals surface area contributed by atoms with E-state index in [4.69, 9.17) is 9.15 Å². The third-order valence-corrected chi connectivity index (χ3v) is 5.40. The zero-order valence-electron chi connectivity index (χ0n) is 20.0. The Labute approximate surface area is 196 Å². The van der Waals surface area contributed by atoms with Crippen LogP contribution < -0.4 is 10.2 Å². The van der Waals surface area contributed by atoms with Gasteiger partial charge in [-0.25, -0.2) is 0 Å². The van der Waals surface area contributed by atoms with Gasteiger partial charge in [-0.2, -0.15) is 13.2 Å². The molecular weight excluding hydrogens is 447 g/mol. The molecule has 0 aliphatic rings. The summed E-state index contributed by atoms with van der Waals surface area (Å²) in [6.45, 7) is 9.67. The molecule has 8 heteroatoms. The lowest BCUT2D eigenvalue weighted by molar-refractivity contribution is -0.152. The van der Waals surface area contributed by atoms with Crippen LogP contribution in [0.25, 0.3) is 22.1 Å². The Morgan fingerprint density at radius 2 is 1.59 bits per heavy atom. The number of methoxy groups -OCH3 is 1. The minimum atomic E-state index is -4.92. The molecule has 0 fully saturated rings. The molecule has 0 bridgehead atoms. The smallest absolute Gasteiger partial charge is 0.450 e. The van der Waals surface area contributed by atoms with Crippen molar-refractivity contribution in [2.24, 2.45) is 11.8 Å². The molecule has 0 aliphatic carbocycles. The van der Waals surface area contributed by atoms with Gasteiger partial charge >= 0.3 is 6.18 Å². The highest BCUT2D eigenvalue weighted by atomic mass is 19.4. The number of fused-ring (bicyclic) bond motifs is 1. The predicted molar refractivity (Wildman–Crippen MR) is 126 cm³/mol. The Bertz CT molecular complexity index is 1190. The Hall–Kier alpha value is -3.00. The quantitative estimate of drug-likeness (QED) is 0.412. The lowest BCUT2D eigenvalue weighted by atomic mass is 9.99. The SMILES string of the molecule is COc1ccc(-c2c(C(F)(F)F)oc3c(CN(CC(C)C)CC(C)C)c(O)ccc3c2=O)cc1. The number of nitrogens with zero attached hydrogens (tertiary/aromatic N) is 1. The van der Waals surface area contributed by atoms with Crippen LogP contribution in [-0.2, 0) is 12.7 Å². The second-order valence-electron chi connectivity index (χ2n) is 9.28. The monoisotopic (exact) mass is 477 g/mol. The number of hydrogen-bond acceptors (Lipinski definition) is 5. The second kappa shape index (κ2) is 10.1. The molecule has 5 nitrogen and oxygen atoms in total. The molecule has 3 rings (SSSR count). The van der Waals surface area contributed by atoms with Crippen molar-refractivity contribution in [3.63, 3.8) is 0 Å². The number of halogens is 3. The molecule has 1 N–H and O–H groups in total. The van der Waals surface area contributed by atoms with Gasteiger partial charge in [0.15, 0.2) is 0 Å². The molecule has 0 saturated heterocycles. The molecule has 0 atom stereocenters. The fourth-order valence-corrected chi connectivity index (χ4v) is 4.14. The van der Waals surface area contributed by atoms with E-state index in [1.165, 1.54) is 43.5 Å². The van der Waals surface area contributed by atoms with Crippen LogP contribution in [0, 0.1) is 11.8 Å². The van der Waals surface area contributed by atoms with Crippen molar-refractivity contribution in [1.82, 2.24) is 4.90 Å². The maximum atomic E-state index is 14.1. The van der Waals surface area contributed by atoms with Crippen LogP contribution in [0.5, 0.6) is 11.5 Å². The summed E-state index contributed by atoms with van der Waals surface area (Å²) in [4.78, 5) is 15.4. The van der Waals surface area contributed by atoms with Crippen molar-refractivity contribution >= 4 is 11.0 Å². The van der Waals surface area contributed by atoms with Gasteiger partial charge in [-0.3, -0.25) is 9.69 Å². The Balaban J connectivity index is 2.26. The Morgan fingerprint density at radius 1 is 1.00 bits per heavy atom. The molecule has 0 amide bonds. The van der Waals surface area contributed by atoms with Gasteiger partial charge in [0.05, 0.1) is 23.6 Å². The maximum Gasteiger partial charge on any atom is 0.450 e. The molecule has 0 unspecified atom stereocenters. The van der Waals surface area contributed by atoms with Crippen LogP contribution in [0.2, 0.25) is 0 Å². The minimum absolute atomic E-state index is 0.0133. The van der Waals surface area contributed by atoms with Crippen LogP contribution in [-0.4, -0.2) is 30.2 Å². The van der Waals surface area contributed by atoms with Crippen LogP contribution >= 0.6 is 0 Å². The van der Waals surface area contributed by atoms with Crippen molar-refractivity contribution < 1.29 is 27.4 Å². The Kier molecular flexibility index (Phi) is 7.60. The highest BCUT2D eigenvalue weighted by molar-refractivity contribution is 5.87. The molecular formula is C26H30F3NO4. The van der Waals surface area contributed by atoms with Gasteiger partial charge in [0, 0.05) is 19.6 Å². The van der Waals surface area contributed by atoms with Crippen LogP contribution in [0.15, 0.2) is 45.6 Å². The standard InChI is InChI=1S/C26H30F3NO4/c1-15(2)12-30(13-16(3)4)14-20-21(31)11-10-19-23(32)22(17-6-8-18(33-5)9-7-17)25(26(27,28)29)34-24(19)20/h6-11,15-16,31H,12-14H2,1-5H3. The van der Waals surface area contributed by atoms with Gasteiger partial charge in [0.1, 0.15) is 17.1 Å². The average molecular weight is 478 g/mol. The van der Waals surface area contributed by atoms with Crippen LogP contribution in [0.4, 0.5) is 13.2 Å². The molecule has 0 spiro atoms. The summed E-state index contributed by atoms with van der Waals surface area (Å²) < 4.78 is 52.8. The number of aromatic hydroxyl groups is 1. The fraction of sp³-hybridized carbons (Fsp3) is 0.423. The second-order valence-corrected chi connectivity index (χ2v) is 9.28. The first-order valence-corrected chi connectivity index (χ1v) is 11.2. The van der Waals surface area contributed by atoms with Gasteiger partial charge in [-0.1, -0.05) is 39.8 Å². The van der Waals surface area contributed by atoms with Crippen molar-refractivity contribution in [3.8, 4) is 22.6 Å². The topological polar surface area (TPSA) is 62.9 Å². The van der Waals surface area contributed by atoms with E-state index >= 15 is 0 Å². The van der Waals surface area contributed by atoms with Crippen molar-refractivity contribution in [2.45, 2.75) is 40.4 Å². The average Bonchev–Trinajstić information content (AvgIpc) is 2.74. The summed E-state index contributed by atoms with van der Waals surface area (Å²) in [5, 5.41) is 10.6. The van der Waals surface area contributed by atoms with E-state index in [1.807, 2.05) is 27.7 Å². The number of phenols is 1. The number of alkyl halides is 3. The van der Waals surface area contributed by atoms with E-state index in [0.717, 1.165) is 0 Å². The van der Waals surface area contributed by atoms with Gasteiger partial charge in [-0.05, 0) is 41.7 Å². The normalized spacial score (nSPS) is 12.3. The van der Waals surface area contributed by atoms with E-state index in [-0.39, 0.29) is 34.4 Å². The molecule has 0 aliphatic heterocycles. The van der Waals surface area contributed by atoms with E-state index in [0.29, 0.717) is 30.7 Å². The molecule has 0 radical (unpaired) electrons. The van der Waals surface area contributed by atoms with Gasteiger partial charge in [0.25, 0.3) is 0 Å². The summed E-state index contributed by atoms with van der Waals surface area (Å²) in [5.74, 6) is -0.546. The number of hydrogen-bond donors (Lipinski definition) is 1. The number of benzene rings is 2. The lowest BCUT2D eigenvalue weighted by Crippen LogP contribution is -2.31. The third kappa shape index (κ3) is 5.55. The summed E-state index contributed by atoms with van der Waals surface area (Å²) in [7, 11) is 1.44. The van der Waals surface area contributed by atoms with Crippen LogP contribution in [0.1, 0.15) is 39.0 Å². The first-order chi connectivity index (χ1) is 15.9. The van der Waals surface area contributed by atoms with E-state index in [1.54, 1.807) is 0 Å². The highest BCUT2D eigenvalue weighted by Crippen LogP contribution is 2.39. The summed E-state index contributed by atoms with van der Waals surface area (Å²) >= 11 is 0. The van der Waals surface area contributed by atoms with E-state index in [9.17, 15) is 23.1 Å². The van der Waals surface area contributed by atoms with Gasteiger partial charge in [-0.15, -0.1) is 0 Å². The molecule has 3 aromatic rings. The molecule has 1 aromatic heterocycles. The summed E-state index contributed by atoms with van der Waals surface area (Å²) in [6, 6.07) is 8.39. The van der Waals surface area contributed by atoms with Gasteiger partial charge < -0.3 is 14.3 Å². The van der Waals surface area contributed by atoms with Crippen molar-refractivity contribution in [2.75, 3.05) is 20.2 Å². The van der Waals surface area contributed by atoms with Crippen molar-refractivity contribution in [3.05, 3.63) is 57.9 Å². The van der Waals surface area contributed by atoms with Crippen molar-refractivity contribution in [1.29, 1.82) is 0 Å². The largest absolute Gasteiger partial charge is 0.507 e. The molecule has 0 saturated carbocycles. The number of rotatable bonds is 8. The zero-order valence-corrected chi connectivity index (χ0v) is 20.0. The molecule has 184 valence electrons. The fourth-order valence-electron chi connectivity index (χ4n) is 4.14.